The molecule has 0 aliphatic heterocycles. The van der Waals surface area contributed by atoms with Crippen LogP contribution in [0.3, 0.4) is 0 Å². The second kappa shape index (κ2) is 4.96. The van der Waals surface area contributed by atoms with Crippen LogP contribution >= 0.6 is 0 Å². The number of aliphatic hydroxyl groups is 1. The summed E-state index contributed by atoms with van der Waals surface area (Å²) in [4.78, 5) is 0. The van der Waals surface area contributed by atoms with Gasteiger partial charge in [0.05, 0.1) is 13.2 Å². The van der Waals surface area contributed by atoms with Crippen LogP contribution in [0.4, 0.5) is 4.39 Å². The van der Waals surface area contributed by atoms with Gasteiger partial charge in [-0.15, -0.1) is 0 Å². The van der Waals surface area contributed by atoms with Crippen LogP contribution in [0.2, 0.25) is 0 Å². The molecule has 1 aromatic carbocycles. The Kier molecular flexibility index (Phi) is 3.89. The molecule has 0 bridgehead atoms. The summed E-state index contributed by atoms with van der Waals surface area (Å²) in [6, 6.07) is 5.29. The molecule has 0 saturated heterocycles. The molecule has 1 atom stereocenters. The predicted molar refractivity (Wildman–Crippen MR) is 53.2 cm³/mol. The Bertz CT molecular complexity index is 297. The predicted octanol–water partition coefficient (Wildman–Crippen LogP) is 2.09. The molecule has 1 rings (SSSR count). The number of hydrogen-bond acceptors (Lipinski definition) is 2. The molecule has 0 amide bonds. The maximum atomic E-state index is 12.5. The van der Waals surface area contributed by atoms with Gasteiger partial charge in [0.25, 0.3) is 0 Å². The molecule has 0 aliphatic carbocycles. The van der Waals surface area contributed by atoms with Crippen LogP contribution in [-0.4, -0.2) is 18.3 Å². The highest BCUT2D eigenvalue weighted by Crippen LogP contribution is 2.21. The summed E-state index contributed by atoms with van der Waals surface area (Å²) in [7, 11) is 1.52. The highest BCUT2D eigenvalue weighted by atomic mass is 19.1. The molecular formula is C11H15FO2. The van der Waals surface area contributed by atoms with Crippen LogP contribution in [0.1, 0.15) is 18.1 Å². The third kappa shape index (κ3) is 2.70. The Balaban J connectivity index is 2.89. The first kappa shape index (κ1) is 11.0. The van der Waals surface area contributed by atoms with E-state index >= 15 is 0 Å². The van der Waals surface area contributed by atoms with Crippen molar-refractivity contribution in [2.75, 3.05) is 7.11 Å². The summed E-state index contributed by atoms with van der Waals surface area (Å²) in [5, 5.41) is 9.17. The lowest BCUT2D eigenvalue weighted by Gasteiger charge is -2.09. The van der Waals surface area contributed by atoms with Crippen molar-refractivity contribution in [2.24, 2.45) is 0 Å². The van der Waals surface area contributed by atoms with Gasteiger partial charge >= 0.3 is 0 Å². The maximum absolute atomic E-state index is 12.5. The van der Waals surface area contributed by atoms with E-state index in [4.69, 9.17) is 4.74 Å². The molecule has 14 heavy (non-hydrogen) atoms. The van der Waals surface area contributed by atoms with E-state index in [9.17, 15) is 9.50 Å². The van der Waals surface area contributed by atoms with Gasteiger partial charge in [0.15, 0.2) is 0 Å². The molecule has 0 fully saturated rings. The summed E-state index contributed by atoms with van der Waals surface area (Å²) in [5.41, 5.74) is 1.46. The lowest BCUT2D eigenvalue weighted by atomic mass is 10.1. The number of halogens is 1. The highest BCUT2D eigenvalue weighted by Gasteiger charge is 2.05. The maximum Gasteiger partial charge on any atom is 0.124 e. The van der Waals surface area contributed by atoms with Gasteiger partial charge in [-0.2, -0.15) is 0 Å². The smallest absolute Gasteiger partial charge is 0.124 e. The first-order valence-electron chi connectivity index (χ1n) is 4.57. The molecule has 0 radical (unpaired) electrons. The lowest BCUT2D eigenvalue weighted by Crippen LogP contribution is -2.04. The summed E-state index contributed by atoms with van der Waals surface area (Å²) in [6.45, 7) is 1.16. The first-order valence-corrected chi connectivity index (χ1v) is 4.57. The Hall–Kier alpha value is -1.09. The van der Waals surface area contributed by atoms with Crippen LogP contribution < -0.4 is 4.74 Å². The van der Waals surface area contributed by atoms with Gasteiger partial charge in [0, 0.05) is 5.56 Å². The van der Waals surface area contributed by atoms with Crippen LogP contribution in [0.15, 0.2) is 18.2 Å². The number of rotatable bonds is 4. The van der Waals surface area contributed by atoms with Crippen molar-refractivity contribution in [3.8, 4) is 5.75 Å². The van der Waals surface area contributed by atoms with Gasteiger partial charge in [-0.1, -0.05) is 6.07 Å². The van der Waals surface area contributed by atoms with E-state index in [0.717, 1.165) is 5.56 Å². The fraction of sp³-hybridized carbons (Fsp3) is 0.455. The number of benzene rings is 1. The Labute approximate surface area is 83.3 Å². The summed E-state index contributed by atoms with van der Waals surface area (Å²) in [5.74, 6) is 0.557. The standard InChI is InChI=1S/C11H15FO2/c1-8(13)5-9-3-4-11(14-2)10(6-9)7-12/h3-4,6,8,13H,5,7H2,1-2H3. The van der Waals surface area contributed by atoms with Crippen molar-refractivity contribution >= 4 is 0 Å². The molecular weight excluding hydrogens is 183 g/mol. The van der Waals surface area contributed by atoms with Crippen molar-refractivity contribution in [1.82, 2.24) is 0 Å². The third-order valence-corrected chi connectivity index (χ3v) is 2.02. The molecule has 2 nitrogen and oxygen atoms in total. The van der Waals surface area contributed by atoms with E-state index in [0.29, 0.717) is 17.7 Å². The molecule has 0 aromatic heterocycles. The third-order valence-electron chi connectivity index (χ3n) is 2.02. The monoisotopic (exact) mass is 198 g/mol. The zero-order valence-corrected chi connectivity index (χ0v) is 8.46. The fourth-order valence-electron chi connectivity index (χ4n) is 1.40. The van der Waals surface area contributed by atoms with Crippen molar-refractivity contribution in [3.05, 3.63) is 29.3 Å². The molecule has 1 aromatic rings. The minimum absolute atomic E-state index is 0.407. The topological polar surface area (TPSA) is 29.5 Å². The van der Waals surface area contributed by atoms with Gasteiger partial charge in [-0.3, -0.25) is 0 Å². The second-order valence-electron chi connectivity index (χ2n) is 3.33. The number of alkyl halides is 1. The van der Waals surface area contributed by atoms with Crippen LogP contribution in [0.25, 0.3) is 0 Å². The molecule has 1 unspecified atom stereocenters. The van der Waals surface area contributed by atoms with Gasteiger partial charge in [0.1, 0.15) is 12.4 Å². The summed E-state index contributed by atoms with van der Waals surface area (Å²) in [6.07, 6.45) is 0.132. The van der Waals surface area contributed by atoms with E-state index in [1.165, 1.54) is 7.11 Å². The molecule has 0 aliphatic rings. The van der Waals surface area contributed by atoms with Crippen molar-refractivity contribution in [2.45, 2.75) is 26.1 Å². The van der Waals surface area contributed by atoms with Crippen molar-refractivity contribution in [3.63, 3.8) is 0 Å². The zero-order valence-electron chi connectivity index (χ0n) is 8.46. The van der Waals surface area contributed by atoms with Gasteiger partial charge in [-0.05, 0) is 31.0 Å². The van der Waals surface area contributed by atoms with Crippen LogP contribution in [-0.2, 0) is 13.1 Å². The van der Waals surface area contributed by atoms with Gasteiger partial charge < -0.3 is 9.84 Å². The Morgan fingerprint density at radius 3 is 2.71 bits per heavy atom. The quantitative estimate of drug-likeness (QED) is 0.802. The Morgan fingerprint density at radius 1 is 1.50 bits per heavy atom. The normalized spacial score (nSPS) is 12.6. The van der Waals surface area contributed by atoms with Crippen LogP contribution in [0, 0.1) is 0 Å². The van der Waals surface area contributed by atoms with E-state index in [1.54, 1.807) is 19.1 Å². The molecule has 3 heteroatoms. The van der Waals surface area contributed by atoms with Crippen LogP contribution in [0.5, 0.6) is 5.75 Å². The molecule has 0 heterocycles. The van der Waals surface area contributed by atoms with E-state index < -0.39 is 12.8 Å². The number of methoxy groups -OCH3 is 1. The molecule has 0 saturated carbocycles. The zero-order chi connectivity index (χ0) is 10.6. The van der Waals surface area contributed by atoms with E-state index in [1.807, 2.05) is 6.07 Å². The first-order chi connectivity index (χ1) is 6.67. The van der Waals surface area contributed by atoms with Crippen molar-refractivity contribution in [1.29, 1.82) is 0 Å². The SMILES string of the molecule is COc1ccc(CC(C)O)cc1CF. The van der Waals surface area contributed by atoms with Gasteiger partial charge in [0.2, 0.25) is 0 Å². The van der Waals surface area contributed by atoms with Gasteiger partial charge in [-0.25, -0.2) is 4.39 Å². The molecule has 1 N–H and O–H groups in total. The van der Waals surface area contributed by atoms with E-state index in [2.05, 4.69) is 0 Å². The summed E-state index contributed by atoms with van der Waals surface area (Å²) < 4.78 is 17.5. The Morgan fingerprint density at radius 2 is 2.21 bits per heavy atom. The second-order valence-corrected chi connectivity index (χ2v) is 3.33. The molecule has 78 valence electrons. The minimum atomic E-state index is -0.545. The number of hydrogen-bond donors (Lipinski definition) is 1. The lowest BCUT2D eigenvalue weighted by molar-refractivity contribution is 0.195. The fourth-order valence-corrected chi connectivity index (χ4v) is 1.40. The number of aliphatic hydroxyl groups excluding tert-OH is 1. The summed E-state index contributed by atoms with van der Waals surface area (Å²) >= 11 is 0. The molecule has 0 spiro atoms. The minimum Gasteiger partial charge on any atom is -0.496 e. The highest BCUT2D eigenvalue weighted by molar-refractivity contribution is 5.37. The van der Waals surface area contributed by atoms with E-state index in [-0.39, 0.29) is 0 Å². The average molecular weight is 198 g/mol. The largest absolute Gasteiger partial charge is 0.496 e. The van der Waals surface area contributed by atoms with Crippen molar-refractivity contribution < 1.29 is 14.2 Å². The number of ether oxygens (including phenoxy) is 1. The average Bonchev–Trinajstić information content (AvgIpc) is 2.16.